The van der Waals surface area contributed by atoms with Crippen molar-refractivity contribution in [2.75, 3.05) is 19.0 Å². The first-order valence-corrected chi connectivity index (χ1v) is 13.0. The molecule has 1 aliphatic rings. The van der Waals surface area contributed by atoms with Crippen molar-refractivity contribution in [1.82, 2.24) is 15.2 Å². The predicted molar refractivity (Wildman–Crippen MR) is 152 cm³/mol. The molecule has 4 aromatic rings. The number of carbonyl (C=O) groups excluding carboxylic acids is 2. The summed E-state index contributed by atoms with van der Waals surface area (Å²) in [6, 6.07) is 23.6. The summed E-state index contributed by atoms with van der Waals surface area (Å²) < 4.78 is 11.2. The van der Waals surface area contributed by atoms with Gasteiger partial charge in [-0.15, -0.1) is 0 Å². The summed E-state index contributed by atoms with van der Waals surface area (Å²) in [5.41, 5.74) is 3.82. The van der Waals surface area contributed by atoms with Crippen LogP contribution in [0.5, 0.6) is 0 Å². The molecule has 9 heteroatoms. The topological polar surface area (TPSA) is 96.7 Å². The van der Waals surface area contributed by atoms with Crippen molar-refractivity contribution in [2.45, 2.75) is 25.4 Å². The van der Waals surface area contributed by atoms with Gasteiger partial charge in [0.25, 0.3) is 0 Å². The number of nitrogens with zero attached hydrogens (tertiary/aromatic N) is 2. The van der Waals surface area contributed by atoms with E-state index in [4.69, 9.17) is 21.4 Å². The Kier molecular flexibility index (Phi) is 7.69. The Balaban J connectivity index is 1.41. The number of benzene rings is 2. The number of thiocarbonyl (C=S) groups is 1. The summed E-state index contributed by atoms with van der Waals surface area (Å²) in [6.45, 7) is 2.36. The number of anilines is 1. The highest BCUT2D eigenvalue weighted by Gasteiger charge is 2.41. The van der Waals surface area contributed by atoms with Crippen molar-refractivity contribution >= 4 is 34.9 Å². The number of aromatic nitrogens is 1. The fraction of sp³-hybridized carbons (Fsp3) is 0.200. The van der Waals surface area contributed by atoms with Crippen LogP contribution in [0.15, 0.2) is 89.5 Å². The van der Waals surface area contributed by atoms with Crippen molar-refractivity contribution in [3.63, 3.8) is 0 Å². The fourth-order valence-electron chi connectivity index (χ4n) is 4.71. The minimum atomic E-state index is -0.417. The number of ether oxygens (including phenoxy) is 1. The van der Waals surface area contributed by atoms with E-state index in [9.17, 15) is 9.59 Å². The van der Waals surface area contributed by atoms with Crippen LogP contribution in [-0.2, 0) is 9.53 Å². The minimum absolute atomic E-state index is 0.108. The summed E-state index contributed by atoms with van der Waals surface area (Å²) in [7, 11) is 1.35. The largest absolute Gasteiger partial charge is 0.465 e. The number of aryl methyl sites for hydroxylation is 1. The summed E-state index contributed by atoms with van der Waals surface area (Å²) in [5, 5.41) is 6.85. The number of carbonyl (C=O) groups is 2. The maximum Gasteiger partial charge on any atom is 0.337 e. The molecule has 1 amide bonds. The lowest BCUT2D eigenvalue weighted by atomic mass is 10.0. The number of hydrogen-bond acceptors (Lipinski definition) is 6. The molecule has 198 valence electrons. The predicted octanol–water partition coefficient (Wildman–Crippen LogP) is 5.44. The highest BCUT2D eigenvalue weighted by molar-refractivity contribution is 7.80. The van der Waals surface area contributed by atoms with Gasteiger partial charge in [-0.2, -0.15) is 0 Å². The molecule has 5 rings (SSSR count). The maximum atomic E-state index is 12.8. The smallest absolute Gasteiger partial charge is 0.337 e. The molecule has 0 spiro atoms. The Bertz CT molecular complexity index is 1500. The van der Waals surface area contributed by atoms with E-state index in [0.29, 0.717) is 28.7 Å². The second-order valence-corrected chi connectivity index (χ2v) is 9.65. The number of hydrogen-bond donors (Lipinski definition) is 2. The quantitative estimate of drug-likeness (QED) is 0.225. The van der Waals surface area contributed by atoms with Crippen molar-refractivity contribution < 1.29 is 18.7 Å². The Morgan fingerprint density at radius 1 is 1.08 bits per heavy atom. The first-order chi connectivity index (χ1) is 18.9. The lowest BCUT2D eigenvalue weighted by Crippen LogP contribution is -2.32. The molecule has 2 atom stereocenters. The number of pyridine rings is 1. The van der Waals surface area contributed by atoms with Crippen LogP contribution in [0.1, 0.15) is 45.9 Å². The van der Waals surface area contributed by atoms with Crippen molar-refractivity contribution in [2.24, 2.45) is 0 Å². The van der Waals surface area contributed by atoms with Gasteiger partial charge in [0.2, 0.25) is 5.91 Å². The third-order valence-electron chi connectivity index (χ3n) is 6.57. The van der Waals surface area contributed by atoms with Gasteiger partial charge in [0.05, 0.1) is 24.4 Å². The van der Waals surface area contributed by atoms with Crippen LogP contribution >= 0.6 is 12.2 Å². The monoisotopic (exact) mass is 540 g/mol. The third-order valence-corrected chi connectivity index (χ3v) is 6.92. The molecule has 1 saturated heterocycles. The SMILES string of the molecule is COC(=O)c1cccc(-c2ccc(C3C(c4ccccn4)NC(=S)N3CCC(=O)Nc3cccc(C)c3)o2)c1. The molecular formula is C30H28N4O4S. The molecule has 0 bridgehead atoms. The summed E-state index contributed by atoms with van der Waals surface area (Å²) in [4.78, 5) is 31.4. The second kappa shape index (κ2) is 11.5. The van der Waals surface area contributed by atoms with Crippen LogP contribution in [0.3, 0.4) is 0 Å². The average molecular weight is 541 g/mol. The third kappa shape index (κ3) is 5.83. The van der Waals surface area contributed by atoms with Crippen molar-refractivity contribution in [1.29, 1.82) is 0 Å². The Hall–Kier alpha value is -4.50. The summed E-state index contributed by atoms with van der Waals surface area (Å²) >= 11 is 5.72. The molecule has 1 fully saturated rings. The van der Waals surface area contributed by atoms with E-state index in [1.165, 1.54) is 7.11 Å². The zero-order valence-corrected chi connectivity index (χ0v) is 22.4. The van der Waals surface area contributed by atoms with E-state index in [0.717, 1.165) is 22.5 Å². The molecule has 2 N–H and O–H groups in total. The van der Waals surface area contributed by atoms with Crippen molar-refractivity contribution in [3.8, 4) is 11.3 Å². The Labute approximate surface area is 232 Å². The molecule has 2 aromatic heterocycles. The number of nitrogens with one attached hydrogen (secondary N) is 2. The highest BCUT2D eigenvalue weighted by atomic mass is 32.1. The zero-order chi connectivity index (χ0) is 27.4. The maximum absolute atomic E-state index is 12.8. The molecule has 0 saturated carbocycles. The molecule has 2 unspecified atom stereocenters. The van der Waals surface area contributed by atoms with Crippen LogP contribution in [0.4, 0.5) is 5.69 Å². The molecular weight excluding hydrogens is 512 g/mol. The van der Waals surface area contributed by atoms with Crippen LogP contribution in [0.25, 0.3) is 11.3 Å². The molecule has 2 aromatic carbocycles. The van der Waals surface area contributed by atoms with E-state index in [2.05, 4.69) is 15.6 Å². The zero-order valence-electron chi connectivity index (χ0n) is 21.6. The van der Waals surface area contributed by atoms with Gasteiger partial charge in [0, 0.05) is 30.4 Å². The number of rotatable bonds is 8. The molecule has 0 aliphatic carbocycles. The summed E-state index contributed by atoms with van der Waals surface area (Å²) in [6.07, 6.45) is 1.97. The average Bonchev–Trinajstić information content (AvgIpc) is 3.56. The minimum Gasteiger partial charge on any atom is -0.465 e. The van der Waals surface area contributed by atoms with E-state index in [-0.39, 0.29) is 24.4 Å². The van der Waals surface area contributed by atoms with E-state index in [1.807, 2.05) is 72.5 Å². The van der Waals surface area contributed by atoms with Gasteiger partial charge < -0.3 is 24.7 Å². The number of esters is 1. The van der Waals surface area contributed by atoms with Crippen molar-refractivity contribution in [3.05, 3.63) is 108 Å². The van der Waals surface area contributed by atoms with Gasteiger partial charge >= 0.3 is 5.97 Å². The second-order valence-electron chi connectivity index (χ2n) is 9.26. The van der Waals surface area contributed by atoms with Gasteiger partial charge in [-0.05, 0) is 73.2 Å². The number of furan rings is 1. The van der Waals surface area contributed by atoms with Gasteiger partial charge in [-0.25, -0.2) is 4.79 Å². The lowest BCUT2D eigenvalue weighted by Gasteiger charge is -2.25. The molecule has 0 radical (unpaired) electrons. The highest BCUT2D eigenvalue weighted by Crippen LogP contribution is 2.40. The number of methoxy groups -OCH3 is 1. The van der Waals surface area contributed by atoms with Crippen LogP contribution < -0.4 is 10.6 Å². The van der Waals surface area contributed by atoms with Crippen LogP contribution in [0, 0.1) is 6.92 Å². The number of amides is 1. The standard InChI is InChI=1S/C30H28N4O4S/c1-19-7-5-10-22(17-19)32-26(35)14-16-34-28(27(33-30(34)39)23-11-3-4-15-31-23)25-13-12-24(38-25)20-8-6-9-21(18-20)29(36)37-2/h3-13,15,17-18,27-28H,14,16H2,1-2H3,(H,32,35)(H,33,39). The Morgan fingerprint density at radius 3 is 2.69 bits per heavy atom. The molecule has 39 heavy (non-hydrogen) atoms. The van der Waals surface area contributed by atoms with Gasteiger partial charge in [0.1, 0.15) is 17.6 Å². The first-order valence-electron chi connectivity index (χ1n) is 12.6. The molecule has 3 heterocycles. The Morgan fingerprint density at radius 2 is 1.92 bits per heavy atom. The normalized spacial score (nSPS) is 16.6. The van der Waals surface area contributed by atoms with E-state index < -0.39 is 5.97 Å². The van der Waals surface area contributed by atoms with Gasteiger partial charge in [-0.1, -0.05) is 30.3 Å². The van der Waals surface area contributed by atoms with Gasteiger partial charge in [-0.3, -0.25) is 9.78 Å². The molecule has 8 nitrogen and oxygen atoms in total. The lowest BCUT2D eigenvalue weighted by molar-refractivity contribution is -0.116. The van der Waals surface area contributed by atoms with E-state index >= 15 is 0 Å². The fourth-order valence-corrected chi connectivity index (χ4v) is 5.04. The summed E-state index contributed by atoms with van der Waals surface area (Å²) in [5.74, 6) is 0.739. The van der Waals surface area contributed by atoms with Crippen LogP contribution in [-0.4, -0.2) is 40.5 Å². The van der Waals surface area contributed by atoms with E-state index in [1.54, 1.807) is 24.4 Å². The molecule has 1 aliphatic heterocycles. The first kappa shape index (κ1) is 26.1. The van der Waals surface area contributed by atoms with Gasteiger partial charge in [0.15, 0.2) is 5.11 Å². The van der Waals surface area contributed by atoms with Crippen LogP contribution in [0.2, 0.25) is 0 Å².